The van der Waals surface area contributed by atoms with Crippen LogP contribution in [0.15, 0.2) is 0 Å². The van der Waals surface area contributed by atoms with E-state index in [0.29, 0.717) is 13.0 Å². The maximum absolute atomic E-state index is 12.0. The monoisotopic (exact) mass is 262 g/mol. The summed E-state index contributed by atoms with van der Waals surface area (Å²) in [5.41, 5.74) is 5.48. The van der Waals surface area contributed by atoms with Crippen LogP contribution < -0.4 is 5.73 Å². The summed E-state index contributed by atoms with van der Waals surface area (Å²) in [5.74, 6) is 0.0354. The maximum atomic E-state index is 12.0. The number of nitrogens with zero attached hydrogens (tertiary/aromatic N) is 1. The SMILES string of the molecule is NCC1CCC(C(=O)N2CCS(=O)(=O)CC2)O1. The van der Waals surface area contributed by atoms with Gasteiger partial charge in [-0.2, -0.15) is 0 Å². The van der Waals surface area contributed by atoms with Crippen molar-refractivity contribution in [2.24, 2.45) is 5.73 Å². The molecule has 6 nitrogen and oxygen atoms in total. The van der Waals surface area contributed by atoms with Crippen molar-refractivity contribution >= 4 is 15.7 Å². The van der Waals surface area contributed by atoms with Gasteiger partial charge in [0, 0.05) is 19.6 Å². The van der Waals surface area contributed by atoms with Crippen LogP contribution >= 0.6 is 0 Å². The third-order valence-electron chi connectivity index (χ3n) is 3.30. The van der Waals surface area contributed by atoms with Crippen LogP contribution in [0, 0.1) is 0 Å². The van der Waals surface area contributed by atoms with Crippen LogP contribution in [0.25, 0.3) is 0 Å². The number of sulfone groups is 1. The Labute approximate surface area is 101 Å². The first-order chi connectivity index (χ1) is 8.02. The highest BCUT2D eigenvalue weighted by Gasteiger charge is 2.35. The smallest absolute Gasteiger partial charge is 0.251 e. The van der Waals surface area contributed by atoms with Crippen LogP contribution in [0.2, 0.25) is 0 Å². The quantitative estimate of drug-likeness (QED) is 0.671. The van der Waals surface area contributed by atoms with E-state index in [1.807, 2.05) is 0 Å². The van der Waals surface area contributed by atoms with Gasteiger partial charge in [0.2, 0.25) is 0 Å². The number of nitrogens with two attached hydrogens (primary N) is 1. The lowest BCUT2D eigenvalue weighted by Crippen LogP contribution is -2.47. The molecule has 2 saturated heterocycles. The van der Waals surface area contributed by atoms with Gasteiger partial charge in [0.15, 0.2) is 9.84 Å². The summed E-state index contributed by atoms with van der Waals surface area (Å²) in [6, 6.07) is 0. The molecule has 0 aliphatic carbocycles. The third kappa shape index (κ3) is 2.97. The van der Waals surface area contributed by atoms with E-state index in [-0.39, 0.29) is 36.6 Å². The summed E-state index contributed by atoms with van der Waals surface area (Å²) in [4.78, 5) is 13.6. The Hall–Kier alpha value is -0.660. The summed E-state index contributed by atoms with van der Waals surface area (Å²) in [6.07, 6.45) is 1.03. The van der Waals surface area contributed by atoms with Gasteiger partial charge in [-0.1, -0.05) is 0 Å². The highest BCUT2D eigenvalue weighted by atomic mass is 32.2. The Balaban J connectivity index is 1.89. The van der Waals surface area contributed by atoms with Crippen molar-refractivity contribution in [2.75, 3.05) is 31.1 Å². The molecule has 2 aliphatic rings. The third-order valence-corrected chi connectivity index (χ3v) is 4.91. The molecule has 2 N–H and O–H groups in total. The number of hydrogen-bond donors (Lipinski definition) is 1. The van der Waals surface area contributed by atoms with Crippen molar-refractivity contribution in [3.63, 3.8) is 0 Å². The van der Waals surface area contributed by atoms with E-state index in [1.54, 1.807) is 4.90 Å². The van der Waals surface area contributed by atoms with Crippen LogP contribution in [0.5, 0.6) is 0 Å². The Kier molecular flexibility index (Phi) is 3.70. The predicted octanol–water partition coefficient (Wildman–Crippen LogP) is -1.25. The summed E-state index contributed by atoms with van der Waals surface area (Å²) in [5, 5.41) is 0. The molecule has 1 amide bonds. The highest BCUT2D eigenvalue weighted by molar-refractivity contribution is 7.91. The predicted molar refractivity (Wildman–Crippen MR) is 62.2 cm³/mol. The number of hydrogen-bond acceptors (Lipinski definition) is 5. The number of amides is 1. The minimum atomic E-state index is -2.94. The molecule has 0 aromatic rings. The lowest BCUT2D eigenvalue weighted by Gasteiger charge is -2.28. The Morgan fingerprint density at radius 2 is 1.94 bits per heavy atom. The molecule has 2 unspecified atom stereocenters. The summed E-state index contributed by atoms with van der Waals surface area (Å²) in [6.45, 7) is 1.00. The van der Waals surface area contributed by atoms with Gasteiger partial charge in [-0.15, -0.1) is 0 Å². The molecule has 2 fully saturated rings. The molecule has 0 spiro atoms. The fourth-order valence-corrected chi connectivity index (χ4v) is 3.40. The molecule has 0 saturated carbocycles. The molecule has 0 aromatic heterocycles. The minimum Gasteiger partial charge on any atom is -0.364 e. The minimum absolute atomic E-state index is 0.0301. The van der Waals surface area contributed by atoms with E-state index in [4.69, 9.17) is 10.5 Å². The van der Waals surface area contributed by atoms with Crippen molar-refractivity contribution in [2.45, 2.75) is 25.0 Å². The van der Waals surface area contributed by atoms with Gasteiger partial charge in [-0.05, 0) is 12.8 Å². The lowest BCUT2D eigenvalue weighted by molar-refractivity contribution is -0.142. The Morgan fingerprint density at radius 3 is 2.47 bits per heavy atom. The summed E-state index contributed by atoms with van der Waals surface area (Å²) in [7, 11) is -2.94. The first-order valence-electron chi connectivity index (χ1n) is 5.86. The first kappa shape index (κ1) is 12.8. The van der Waals surface area contributed by atoms with Crippen molar-refractivity contribution in [1.29, 1.82) is 0 Å². The maximum Gasteiger partial charge on any atom is 0.251 e. The normalized spacial score (nSPS) is 32.6. The van der Waals surface area contributed by atoms with Crippen molar-refractivity contribution in [1.82, 2.24) is 4.90 Å². The van der Waals surface area contributed by atoms with E-state index in [9.17, 15) is 13.2 Å². The second-order valence-electron chi connectivity index (χ2n) is 4.54. The zero-order valence-electron chi connectivity index (χ0n) is 9.67. The zero-order valence-corrected chi connectivity index (χ0v) is 10.5. The topological polar surface area (TPSA) is 89.7 Å². The molecule has 17 heavy (non-hydrogen) atoms. The average Bonchev–Trinajstić information content (AvgIpc) is 2.76. The van der Waals surface area contributed by atoms with Gasteiger partial charge in [0.25, 0.3) is 5.91 Å². The number of rotatable bonds is 2. The molecule has 2 atom stereocenters. The first-order valence-corrected chi connectivity index (χ1v) is 7.69. The standard InChI is InChI=1S/C10H18N2O4S/c11-7-8-1-2-9(16-8)10(13)12-3-5-17(14,15)6-4-12/h8-9H,1-7,11H2. The fraction of sp³-hybridized carbons (Fsp3) is 0.900. The molecule has 2 heterocycles. The molecular formula is C10H18N2O4S. The zero-order chi connectivity index (χ0) is 12.5. The van der Waals surface area contributed by atoms with E-state index in [2.05, 4.69) is 0 Å². The average molecular weight is 262 g/mol. The molecule has 0 aromatic carbocycles. The molecule has 98 valence electrons. The van der Waals surface area contributed by atoms with E-state index in [0.717, 1.165) is 6.42 Å². The largest absolute Gasteiger partial charge is 0.364 e. The molecule has 0 radical (unpaired) electrons. The number of ether oxygens (including phenoxy) is 1. The van der Waals surface area contributed by atoms with Gasteiger partial charge in [0.1, 0.15) is 6.10 Å². The number of carbonyl (C=O) groups excluding carboxylic acids is 1. The van der Waals surface area contributed by atoms with Crippen molar-refractivity contribution in [3.8, 4) is 0 Å². The van der Waals surface area contributed by atoms with Crippen LogP contribution in [0.4, 0.5) is 0 Å². The second kappa shape index (κ2) is 4.91. The van der Waals surface area contributed by atoms with E-state index in [1.165, 1.54) is 0 Å². The molecular weight excluding hydrogens is 244 g/mol. The highest BCUT2D eigenvalue weighted by Crippen LogP contribution is 2.21. The van der Waals surface area contributed by atoms with Gasteiger partial charge in [-0.25, -0.2) is 8.42 Å². The number of carbonyl (C=O) groups is 1. The van der Waals surface area contributed by atoms with Gasteiger partial charge < -0.3 is 15.4 Å². The molecule has 2 rings (SSSR count). The van der Waals surface area contributed by atoms with Gasteiger partial charge in [-0.3, -0.25) is 4.79 Å². The van der Waals surface area contributed by atoms with Crippen LogP contribution in [-0.2, 0) is 19.4 Å². The van der Waals surface area contributed by atoms with E-state index < -0.39 is 15.9 Å². The van der Waals surface area contributed by atoms with E-state index >= 15 is 0 Å². The van der Waals surface area contributed by atoms with Crippen LogP contribution in [0.1, 0.15) is 12.8 Å². The Morgan fingerprint density at radius 1 is 1.29 bits per heavy atom. The second-order valence-corrected chi connectivity index (χ2v) is 6.84. The van der Waals surface area contributed by atoms with Crippen LogP contribution in [-0.4, -0.2) is 62.6 Å². The van der Waals surface area contributed by atoms with Crippen LogP contribution in [0.3, 0.4) is 0 Å². The van der Waals surface area contributed by atoms with Gasteiger partial charge >= 0.3 is 0 Å². The van der Waals surface area contributed by atoms with Crippen molar-refractivity contribution < 1.29 is 17.9 Å². The summed E-state index contributed by atoms with van der Waals surface area (Å²) < 4.78 is 28.0. The lowest BCUT2D eigenvalue weighted by atomic mass is 10.2. The molecule has 0 bridgehead atoms. The van der Waals surface area contributed by atoms with Gasteiger partial charge in [0.05, 0.1) is 17.6 Å². The van der Waals surface area contributed by atoms with Crippen molar-refractivity contribution in [3.05, 3.63) is 0 Å². The molecule has 2 aliphatic heterocycles. The summed E-state index contributed by atoms with van der Waals surface area (Å²) >= 11 is 0. The Bertz CT molecular complexity index is 381. The fourth-order valence-electron chi connectivity index (χ4n) is 2.20. The molecule has 7 heteroatoms.